The molecular formula is C19H14ClN3O3S. The smallest absolute Gasteiger partial charge is 0.257 e. The van der Waals surface area contributed by atoms with Gasteiger partial charge in [0.1, 0.15) is 0 Å². The third kappa shape index (κ3) is 3.31. The number of aryl methyl sites for hydroxylation is 1. The summed E-state index contributed by atoms with van der Waals surface area (Å²) in [5.41, 5.74) is 2.64. The largest absolute Gasteiger partial charge is 0.298 e. The predicted octanol–water partition coefficient (Wildman–Crippen LogP) is 4.16. The van der Waals surface area contributed by atoms with Gasteiger partial charge in [-0.15, -0.1) is 0 Å². The number of hydrogen-bond donors (Lipinski definition) is 1. The van der Waals surface area contributed by atoms with Crippen LogP contribution in [0.5, 0.6) is 0 Å². The van der Waals surface area contributed by atoms with Gasteiger partial charge >= 0.3 is 0 Å². The Balaban J connectivity index is 1.54. The number of nitrogens with zero attached hydrogens (tertiary/aromatic N) is 2. The Morgan fingerprint density at radius 1 is 1.15 bits per heavy atom. The molecule has 1 aliphatic heterocycles. The van der Waals surface area contributed by atoms with E-state index in [1.807, 2.05) is 19.1 Å². The monoisotopic (exact) mass is 399 g/mol. The van der Waals surface area contributed by atoms with E-state index in [0.29, 0.717) is 21.4 Å². The van der Waals surface area contributed by atoms with E-state index in [1.165, 1.54) is 11.3 Å². The van der Waals surface area contributed by atoms with Crippen LogP contribution in [0, 0.1) is 6.92 Å². The molecule has 4 rings (SSSR count). The van der Waals surface area contributed by atoms with Crippen LogP contribution in [0.25, 0.3) is 10.2 Å². The molecule has 1 saturated heterocycles. The fourth-order valence-corrected chi connectivity index (χ4v) is 4.32. The van der Waals surface area contributed by atoms with E-state index in [1.54, 1.807) is 24.3 Å². The van der Waals surface area contributed by atoms with E-state index in [4.69, 9.17) is 11.6 Å². The summed E-state index contributed by atoms with van der Waals surface area (Å²) < 4.78 is 0.900. The zero-order valence-electron chi connectivity index (χ0n) is 14.3. The molecule has 6 nitrogen and oxygen atoms in total. The lowest BCUT2D eigenvalue weighted by molar-refractivity contribution is -0.121. The molecule has 1 aliphatic rings. The van der Waals surface area contributed by atoms with Crippen molar-refractivity contribution in [2.75, 3.05) is 10.2 Å². The number of aromatic nitrogens is 1. The molecule has 3 aromatic rings. The van der Waals surface area contributed by atoms with Gasteiger partial charge in [-0.25, -0.2) is 4.98 Å². The maximum Gasteiger partial charge on any atom is 0.257 e. The van der Waals surface area contributed by atoms with Gasteiger partial charge in [-0.05, 0) is 48.9 Å². The Bertz CT molecular complexity index is 1080. The Hall–Kier alpha value is -2.77. The number of halogens is 1. The molecule has 8 heteroatoms. The van der Waals surface area contributed by atoms with Crippen molar-refractivity contribution in [1.82, 2.24) is 4.98 Å². The quantitative estimate of drug-likeness (QED) is 0.670. The molecule has 0 saturated carbocycles. The summed E-state index contributed by atoms with van der Waals surface area (Å²) in [7, 11) is 0. The Morgan fingerprint density at radius 2 is 1.81 bits per heavy atom. The minimum absolute atomic E-state index is 0.222. The summed E-state index contributed by atoms with van der Waals surface area (Å²) in [5.74, 6) is -0.759. The van der Waals surface area contributed by atoms with Crippen LogP contribution in [0.1, 0.15) is 28.8 Å². The number of rotatable bonds is 3. The third-order valence-electron chi connectivity index (χ3n) is 4.31. The summed E-state index contributed by atoms with van der Waals surface area (Å²) >= 11 is 7.41. The molecular weight excluding hydrogens is 386 g/mol. The lowest BCUT2D eigenvalue weighted by atomic mass is 10.2. The molecule has 0 unspecified atom stereocenters. The minimum Gasteiger partial charge on any atom is -0.298 e. The molecule has 1 aromatic heterocycles. The highest BCUT2D eigenvalue weighted by atomic mass is 35.5. The van der Waals surface area contributed by atoms with Gasteiger partial charge in [0.2, 0.25) is 11.8 Å². The van der Waals surface area contributed by atoms with Gasteiger partial charge in [0, 0.05) is 23.4 Å². The fourth-order valence-electron chi connectivity index (χ4n) is 3.00. The molecule has 0 aliphatic carbocycles. The number of carbonyl (C=O) groups is 3. The van der Waals surface area contributed by atoms with Crippen LogP contribution in [-0.2, 0) is 9.59 Å². The van der Waals surface area contributed by atoms with E-state index >= 15 is 0 Å². The molecule has 0 bridgehead atoms. The molecule has 2 aromatic carbocycles. The van der Waals surface area contributed by atoms with Gasteiger partial charge in [-0.2, -0.15) is 0 Å². The number of anilines is 2. The second-order valence-corrected chi connectivity index (χ2v) is 7.68. The van der Waals surface area contributed by atoms with Crippen molar-refractivity contribution in [2.45, 2.75) is 19.8 Å². The minimum atomic E-state index is -0.316. The first kappa shape index (κ1) is 17.6. The fraction of sp³-hybridized carbons (Fsp3) is 0.158. The maximum absolute atomic E-state index is 12.5. The number of carbonyl (C=O) groups excluding carboxylic acids is 3. The number of fused-ring (bicyclic) bond motifs is 1. The van der Waals surface area contributed by atoms with Gasteiger partial charge in [-0.1, -0.05) is 22.9 Å². The highest BCUT2D eigenvalue weighted by Crippen LogP contribution is 2.31. The first-order valence-electron chi connectivity index (χ1n) is 8.26. The lowest BCUT2D eigenvalue weighted by Gasteiger charge is -2.13. The van der Waals surface area contributed by atoms with Crippen molar-refractivity contribution in [2.24, 2.45) is 0 Å². The van der Waals surface area contributed by atoms with Crippen LogP contribution < -0.4 is 10.2 Å². The Morgan fingerprint density at radius 3 is 2.48 bits per heavy atom. The number of hydrogen-bond acceptors (Lipinski definition) is 5. The van der Waals surface area contributed by atoms with Crippen LogP contribution in [0.2, 0.25) is 5.02 Å². The second-order valence-electron chi connectivity index (χ2n) is 6.21. The molecule has 0 spiro atoms. The van der Waals surface area contributed by atoms with Crippen LogP contribution >= 0.6 is 22.9 Å². The van der Waals surface area contributed by atoms with E-state index < -0.39 is 0 Å². The van der Waals surface area contributed by atoms with E-state index in [9.17, 15) is 14.4 Å². The number of nitrogens with one attached hydrogen (secondary N) is 1. The Labute approximate surface area is 163 Å². The lowest BCUT2D eigenvalue weighted by Crippen LogP contribution is -2.28. The van der Waals surface area contributed by atoms with E-state index in [0.717, 1.165) is 20.7 Å². The highest BCUT2D eigenvalue weighted by Gasteiger charge is 2.30. The highest BCUT2D eigenvalue weighted by molar-refractivity contribution is 7.22. The molecule has 3 amide bonds. The molecule has 1 N–H and O–H groups in total. The average Bonchev–Trinajstić information content (AvgIpc) is 3.18. The Kier molecular flexibility index (Phi) is 4.41. The van der Waals surface area contributed by atoms with Crippen molar-refractivity contribution in [3.8, 4) is 0 Å². The summed E-state index contributed by atoms with van der Waals surface area (Å²) in [4.78, 5) is 41.7. The molecule has 27 heavy (non-hydrogen) atoms. The van der Waals surface area contributed by atoms with E-state index in [2.05, 4.69) is 10.3 Å². The molecule has 2 heterocycles. The van der Waals surface area contributed by atoms with Gasteiger partial charge < -0.3 is 0 Å². The number of amides is 3. The van der Waals surface area contributed by atoms with Gasteiger partial charge in [0.15, 0.2) is 5.13 Å². The second kappa shape index (κ2) is 6.75. The van der Waals surface area contributed by atoms with E-state index in [-0.39, 0.29) is 30.6 Å². The molecule has 0 atom stereocenters. The summed E-state index contributed by atoms with van der Waals surface area (Å²) in [6.07, 6.45) is 0.449. The molecule has 0 radical (unpaired) electrons. The SMILES string of the molecule is Cc1cc(Cl)cc2sc(NC(=O)c3ccc(N4C(=O)CCC4=O)cc3)nc12. The van der Waals surface area contributed by atoms with Crippen LogP contribution in [0.4, 0.5) is 10.8 Å². The third-order valence-corrected chi connectivity index (χ3v) is 5.45. The zero-order valence-corrected chi connectivity index (χ0v) is 15.9. The first-order chi connectivity index (χ1) is 12.9. The van der Waals surface area contributed by atoms with Crippen LogP contribution in [0.3, 0.4) is 0 Å². The van der Waals surface area contributed by atoms with Gasteiger partial charge in [0.05, 0.1) is 15.9 Å². The van der Waals surface area contributed by atoms with Crippen molar-refractivity contribution in [3.05, 3.63) is 52.5 Å². The van der Waals surface area contributed by atoms with Crippen molar-refractivity contribution in [3.63, 3.8) is 0 Å². The van der Waals surface area contributed by atoms with Crippen molar-refractivity contribution in [1.29, 1.82) is 0 Å². The summed E-state index contributed by atoms with van der Waals surface area (Å²) in [6.45, 7) is 1.92. The molecule has 1 fully saturated rings. The summed E-state index contributed by atoms with van der Waals surface area (Å²) in [6, 6.07) is 10.00. The van der Waals surface area contributed by atoms with Crippen LogP contribution in [-0.4, -0.2) is 22.7 Å². The number of imide groups is 1. The summed E-state index contributed by atoms with van der Waals surface area (Å²) in [5, 5.41) is 3.89. The zero-order chi connectivity index (χ0) is 19.1. The van der Waals surface area contributed by atoms with Crippen LogP contribution in [0.15, 0.2) is 36.4 Å². The maximum atomic E-state index is 12.5. The van der Waals surface area contributed by atoms with Gasteiger partial charge in [0.25, 0.3) is 5.91 Å². The van der Waals surface area contributed by atoms with Gasteiger partial charge in [-0.3, -0.25) is 24.6 Å². The van der Waals surface area contributed by atoms with Crippen molar-refractivity contribution >= 4 is 61.7 Å². The average molecular weight is 400 g/mol. The van der Waals surface area contributed by atoms with Crippen molar-refractivity contribution < 1.29 is 14.4 Å². The molecule has 136 valence electrons. The number of benzene rings is 2. The standard InChI is InChI=1S/C19H14ClN3O3S/c1-10-8-12(20)9-14-17(10)21-19(27-14)22-18(26)11-2-4-13(5-3-11)23-15(24)6-7-16(23)25/h2-5,8-9H,6-7H2,1H3,(H,21,22,26). The number of thiazole rings is 1. The first-order valence-corrected chi connectivity index (χ1v) is 9.46. The predicted molar refractivity (Wildman–Crippen MR) is 105 cm³/mol. The topological polar surface area (TPSA) is 79.4 Å². The normalized spacial score (nSPS) is 14.2.